The van der Waals surface area contributed by atoms with E-state index in [-0.39, 0.29) is 0 Å². The molecule has 0 radical (unpaired) electrons. The van der Waals surface area contributed by atoms with Gasteiger partial charge in [0, 0.05) is 0 Å². The number of hydrogen-bond donors (Lipinski definition) is 0. The minimum Gasteiger partial charge on any atom is -0.239 e. The fraction of sp³-hybridized carbons (Fsp3) is 0. The number of nitrogens with zero attached hydrogens (tertiary/aromatic N) is 4. The van der Waals surface area contributed by atoms with Gasteiger partial charge in [0.05, 0.1) is 11.9 Å². The maximum Gasteiger partial charge on any atom is 0.154 e. The largest absolute Gasteiger partial charge is 0.239 e. The zero-order valence-corrected chi connectivity index (χ0v) is 10.9. The summed E-state index contributed by atoms with van der Waals surface area (Å²) < 4.78 is 2.42. The second kappa shape index (κ2) is 4.09. The van der Waals surface area contributed by atoms with Crippen LogP contribution in [0.15, 0.2) is 41.1 Å². The van der Waals surface area contributed by atoms with Crippen molar-refractivity contribution in [3.63, 3.8) is 0 Å². The van der Waals surface area contributed by atoms with E-state index in [0.29, 0.717) is 5.15 Å². The van der Waals surface area contributed by atoms with E-state index in [0.717, 1.165) is 21.6 Å². The monoisotopic (exact) mass is 308 g/mol. The molecule has 4 nitrogen and oxygen atoms in total. The second-order valence-electron chi connectivity index (χ2n) is 3.43. The molecule has 6 heteroatoms. The van der Waals surface area contributed by atoms with Crippen LogP contribution in [0, 0.1) is 0 Å². The molecule has 0 saturated carbocycles. The van der Waals surface area contributed by atoms with Crippen LogP contribution < -0.4 is 0 Å². The fourth-order valence-electron chi connectivity index (χ4n) is 1.53. The number of rotatable bonds is 1. The molecule has 0 unspecified atom stereocenters. The van der Waals surface area contributed by atoms with Gasteiger partial charge in [-0.2, -0.15) is 5.10 Å². The molecule has 84 valence electrons. The molecule has 3 aromatic rings. The molecule has 0 aliphatic carbocycles. The van der Waals surface area contributed by atoms with Crippen LogP contribution in [0.1, 0.15) is 0 Å². The first-order chi connectivity index (χ1) is 8.22. The van der Waals surface area contributed by atoms with Crippen molar-refractivity contribution in [2.45, 2.75) is 0 Å². The number of pyridine rings is 1. The number of hydrogen-bond acceptors (Lipinski definition) is 3. The second-order valence-corrected chi connectivity index (χ2v) is 4.63. The van der Waals surface area contributed by atoms with Crippen LogP contribution in [0.25, 0.3) is 17.0 Å². The van der Waals surface area contributed by atoms with Crippen molar-refractivity contribution < 1.29 is 0 Å². The Hall–Kier alpha value is -1.46. The van der Waals surface area contributed by atoms with Crippen LogP contribution in [-0.2, 0) is 0 Å². The smallest absolute Gasteiger partial charge is 0.154 e. The van der Waals surface area contributed by atoms with Gasteiger partial charge in [-0.05, 0) is 40.2 Å². The summed E-state index contributed by atoms with van der Waals surface area (Å²) in [5.74, 6) is 0. The molecule has 0 aliphatic rings. The minimum absolute atomic E-state index is 0.434. The quantitative estimate of drug-likeness (QED) is 0.648. The lowest BCUT2D eigenvalue weighted by Crippen LogP contribution is -1.88. The number of halogens is 2. The molecule has 0 bridgehead atoms. The van der Waals surface area contributed by atoms with Crippen molar-refractivity contribution in [1.29, 1.82) is 0 Å². The Balaban J connectivity index is 2.18. The van der Waals surface area contributed by atoms with Crippen LogP contribution in [-0.4, -0.2) is 19.6 Å². The molecule has 3 aromatic heterocycles. The Labute approximate surface area is 110 Å². The normalized spacial score (nSPS) is 10.9. The van der Waals surface area contributed by atoms with E-state index in [2.05, 4.69) is 31.0 Å². The number of imidazole rings is 1. The lowest BCUT2D eigenvalue weighted by atomic mass is 10.3. The maximum absolute atomic E-state index is 5.82. The summed E-state index contributed by atoms with van der Waals surface area (Å²) in [6.07, 6.45) is 1.80. The van der Waals surface area contributed by atoms with Crippen molar-refractivity contribution in [3.8, 4) is 11.4 Å². The Morgan fingerprint density at radius 1 is 1.06 bits per heavy atom. The SMILES string of the molecule is Clc1ccc2nc(-c3cccc(Br)n3)cn2n1. The molecule has 17 heavy (non-hydrogen) atoms. The maximum atomic E-state index is 5.82. The average molecular weight is 310 g/mol. The van der Waals surface area contributed by atoms with Gasteiger partial charge in [0.25, 0.3) is 0 Å². The van der Waals surface area contributed by atoms with E-state index in [1.54, 1.807) is 16.8 Å². The summed E-state index contributed by atoms with van der Waals surface area (Å²) in [5.41, 5.74) is 2.30. The third-order valence-electron chi connectivity index (χ3n) is 2.27. The Bertz CT molecular complexity index is 695. The molecule has 0 N–H and O–H groups in total. The Morgan fingerprint density at radius 3 is 2.76 bits per heavy atom. The van der Waals surface area contributed by atoms with E-state index in [9.17, 15) is 0 Å². The zero-order chi connectivity index (χ0) is 11.8. The van der Waals surface area contributed by atoms with Gasteiger partial charge < -0.3 is 0 Å². The van der Waals surface area contributed by atoms with Crippen LogP contribution >= 0.6 is 27.5 Å². The van der Waals surface area contributed by atoms with Crippen LogP contribution in [0.5, 0.6) is 0 Å². The molecule has 0 aromatic carbocycles. The molecule has 0 aliphatic heterocycles. The van der Waals surface area contributed by atoms with Crippen molar-refractivity contribution in [2.75, 3.05) is 0 Å². The highest BCUT2D eigenvalue weighted by molar-refractivity contribution is 9.10. The number of fused-ring (bicyclic) bond motifs is 1. The van der Waals surface area contributed by atoms with Gasteiger partial charge in [-0.1, -0.05) is 17.7 Å². The Morgan fingerprint density at radius 2 is 1.94 bits per heavy atom. The third-order valence-corrected chi connectivity index (χ3v) is 2.91. The lowest BCUT2D eigenvalue weighted by Gasteiger charge is -1.94. The van der Waals surface area contributed by atoms with Crippen LogP contribution in [0.3, 0.4) is 0 Å². The van der Waals surface area contributed by atoms with E-state index in [1.165, 1.54) is 0 Å². The summed E-state index contributed by atoms with van der Waals surface area (Å²) >= 11 is 9.15. The third kappa shape index (κ3) is 2.03. The lowest BCUT2D eigenvalue weighted by molar-refractivity contribution is 0.936. The molecular formula is C11H6BrClN4. The van der Waals surface area contributed by atoms with Crippen molar-refractivity contribution in [3.05, 3.63) is 46.3 Å². The molecule has 0 saturated heterocycles. The van der Waals surface area contributed by atoms with Gasteiger partial charge in [-0.25, -0.2) is 14.5 Å². The first kappa shape index (κ1) is 10.7. The van der Waals surface area contributed by atoms with Gasteiger partial charge in [0.15, 0.2) is 5.65 Å². The summed E-state index contributed by atoms with van der Waals surface area (Å²) in [6.45, 7) is 0. The average Bonchev–Trinajstić information content (AvgIpc) is 2.72. The van der Waals surface area contributed by atoms with Gasteiger partial charge >= 0.3 is 0 Å². The zero-order valence-electron chi connectivity index (χ0n) is 8.51. The predicted molar refractivity (Wildman–Crippen MR) is 68.9 cm³/mol. The van der Waals surface area contributed by atoms with Crippen molar-refractivity contribution in [2.24, 2.45) is 0 Å². The first-order valence-corrected chi connectivity index (χ1v) is 6.04. The number of aromatic nitrogens is 4. The summed E-state index contributed by atoms with van der Waals surface area (Å²) in [6, 6.07) is 9.21. The Kier molecular flexibility index (Phi) is 2.57. The topological polar surface area (TPSA) is 43.1 Å². The predicted octanol–water partition coefficient (Wildman–Crippen LogP) is 3.21. The van der Waals surface area contributed by atoms with Crippen LogP contribution in [0.2, 0.25) is 5.15 Å². The first-order valence-electron chi connectivity index (χ1n) is 4.87. The highest BCUT2D eigenvalue weighted by atomic mass is 79.9. The van der Waals surface area contributed by atoms with Crippen LogP contribution in [0.4, 0.5) is 0 Å². The molecule has 0 fully saturated rings. The minimum atomic E-state index is 0.434. The molecule has 0 atom stereocenters. The molecular weight excluding hydrogens is 304 g/mol. The van der Waals surface area contributed by atoms with Gasteiger partial charge in [-0.3, -0.25) is 0 Å². The summed E-state index contributed by atoms with van der Waals surface area (Å²) in [7, 11) is 0. The summed E-state index contributed by atoms with van der Waals surface area (Å²) in [4.78, 5) is 8.76. The summed E-state index contributed by atoms with van der Waals surface area (Å²) in [5, 5.41) is 4.56. The standard InChI is InChI=1S/C11H6BrClN4/c12-9-3-1-2-7(14-9)8-6-17-11(15-8)5-4-10(13)16-17/h1-6H. The van der Waals surface area contributed by atoms with E-state index in [1.807, 2.05) is 24.3 Å². The molecule has 3 heterocycles. The van der Waals surface area contributed by atoms with E-state index < -0.39 is 0 Å². The van der Waals surface area contributed by atoms with E-state index >= 15 is 0 Å². The molecule has 3 rings (SSSR count). The highest BCUT2D eigenvalue weighted by Crippen LogP contribution is 2.19. The fourth-order valence-corrected chi connectivity index (χ4v) is 2.02. The van der Waals surface area contributed by atoms with E-state index in [4.69, 9.17) is 11.6 Å². The van der Waals surface area contributed by atoms with Crippen molar-refractivity contribution >= 4 is 33.2 Å². The molecule has 0 spiro atoms. The van der Waals surface area contributed by atoms with Gasteiger partial charge in [0.2, 0.25) is 0 Å². The van der Waals surface area contributed by atoms with Crippen molar-refractivity contribution in [1.82, 2.24) is 19.6 Å². The van der Waals surface area contributed by atoms with Gasteiger partial charge in [-0.15, -0.1) is 0 Å². The van der Waals surface area contributed by atoms with Gasteiger partial charge in [0.1, 0.15) is 15.5 Å². The molecule has 0 amide bonds. The highest BCUT2D eigenvalue weighted by Gasteiger charge is 2.06.